The maximum absolute atomic E-state index is 9.13. The molecular weight excluding hydrogens is 242 g/mol. The number of aryl methyl sites for hydroxylation is 1. The molecule has 0 saturated heterocycles. The first-order chi connectivity index (χ1) is 8.74. The summed E-state index contributed by atoms with van der Waals surface area (Å²) in [5, 5.41) is 13.2. The quantitative estimate of drug-likeness (QED) is 0.906. The third-order valence-corrected chi connectivity index (χ3v) is 4.65. The van der Waals surface area contributed by atoms with Crippen LogP contribution in [-0.4, -0.2) is 22.5 Å². The fourth-order valence-corrected chi connectivity index (χ4v) is 3.41. The number of thioether (sulfide) groups is 1. The Balaban J connectivity index is 2.17. The highest BCUT2D eigenvalue weighted by molar-refractivity contribution is 7.99. The molecule has 0 aliphatic heterocycles. The molecule has 0 spiro atoms. The highest BCUT2D eigenvalue weighted by Crippen LogP contribution is 2.29. The normalized spacial score (nSPS) is 23.4. The second-order valence-corrected chi connectivity index (χ2v) is 5.85. The summed E-state index contributed by atoms with van der Waals surface area (Å²) in [7, 11) is 0. The molecule has 1 aliphatic rings. The summed E-state index contributed by atoms with van der Waals surface area (Å²) in [5.41, 5.74) is 1.60. The summed E-state index contributed by atoms with van der Waals surface area (Å²) in [6.45, 7) is 1.96. The maximum atomic E-state index is 9.13. The molecular formula is C14H19N3S. The van der Waals surface area contributed by atoms with E-state index < -0.39 is 0 Å². The van der Waals surface area contributed by atoms with Gasteiger partial charge in [0.2, 0.25) is 0 Å². The van der Waals surface area contributed by atoms with E-state index in [0.717, 1.165) is 11.5 Å². The van der Waals surface area contributed by atoms with Gasteiger partial charge in [-0.2, -0.15) is 17.0 Å². The van der Waals surface area contributed by atoms with Gasteiger partial charge in [-0.25, -0.2) is 4.98 Å². The van der Waals surface area contributed by atoms with Gasteiger partial charge in [-0.15, -0.1) is 0 Å². The molecule has 18 heavy (non-hydrogen) atoms. The van der Waals surface area contributed by atoms with E-state index in [1.54, 1.807) is 0 Å². The van der Waals surface area contributed by atoms with Crippen molar-refractivity contribution >= 4 is 17.6 Å². The number of rotatable bonds is 3. The molecule has 1 N–H and O–H groups in total. The van der Waals surface area contributed by atoms with Gasteiger partial charge in [0.05, 0.1) is 5.56 Å². The minimum absolute atomic E-state index is 0.440. The maximum Gasteiger partial charge on any atom is 0.144 e. The van der Waals surface area contributed by atoms with Crippen LogP contribution in [0.2, 0.25) is 0 Å². The number of hydrogen-bond acceptors (Lipinski definition) is 4. The molecule has 4 heteroatoms. The van der Waals surface area contributed by atoms with Gasteiger partial charge in [0, 0.05) is 17.0 Å². The zero-order valence-electron chi connectivity index (χ0n) is 10.9. The number of nitrogens with zero attached hydrogens (tertiary/aromatic N) is 2. The minimum Gasteiger partial charge on any atom is -0.365 e. The second-order valence-electron chi connectivity index (χ2n) is 4.77. The third-order valence-electron chi connectivity index (χ3n) is 3.48. The Hall–Kier alpha value is -1.21. The lowest BCUT2D eigenvalue weighted by atomic mass is 9.94. The van der Waals surface area contributed by atoms with Crippen LogP contribution in [0.4, 0.5) is 5.82 Å². The molecule has 1 aliphatic carbocycles. The predicted octanol–water partition coefficient (Wildman–Crippen LogP) is 3.35. The Morgan fingerprint density at radius 2 is 2.17 bits per heavy atom. The summed E-state index contributed by atoms with van der Waals surface area (Å²) < 4.78 is 0. The molecule has 96 valence electrons. The molecule has 0 amide bonds. The summed E-state index contributed by atoms with van der Waals surface area (Å²) in [5.74, 6) is 0.753. The van der Waals surface area contributed by atoms with Crippen LogP contribution in [0.25, 0.3) is 0 Å². The molecule has 1 fully saturated rings. The van der Waals surface area contributed by atoms with E-state index >= 15 is 0 Å². The number of hydrogen-bond donors (Lipinski definition) is 1. The lowest BCUT2D eigenvalue weighted by Crippen LogP contribution is -2.34. The topological polar surface area (TPSA) is 48.7 Å². The van der Waals surface area contributed by atoms with Crippen LogP contribution in [0, 0.1) is 18.3 Å². The minimum atomic E-state index is 0.440. The van der Waals surface area contributed by atoms with Gasteiger partial charge in [-0.3, -0.25) is 0 Å². The van der Waals surface area contributed by atoms with Crippen molar-refractivity contribution in [3.05, 3.63) is 23.4 Å². The largest absolute Gasteiger partial charge is 0.365 e. The lowest BCUT2D eigenvalue weighted by molar-refractivity contribution is 0.474. The highest BCUT2D eigenvalue weighted by Gasteiger charge is 2.25. The molecule has 1 heterocycles. The number of anilines is 1. The van der Waals surface area contributed by atoms with Crippen molar-refractivity contribution in [1.29, 1.82) is 5.26 Å². The van der Waals surface area contributed by atoms with Crippen LogP contribution in [0.5, 0.6) is 0 Å². The van der Waals surface area contributed by atoms with Crippen LogP contribution in [0.15, 0.2) is 12.1 Å². The first kappa shape index (κ1) is 13.2. The molecule has 0 aromatic carbocycles. The molecule has 2 rings (SSSR count). The number of pyridine rings is 1. The number of nitrogens with one attached hydrogen (secondary N) is 1. The molecule has 1 saturated carbocycles. The van der Waals surface area contributed by atoms with Crippen molar-refractivity contribution in [2.24, 2.45) is 0 Å². The van der Waals surface area contributed by atoms with Crippen molar-refractivity contribution in [2.45, 2.75) is 43.9 Å². The Kier molecular flexibility index (Phi) is 4.48. The first-order valence-corrected chi connectivity index (χ1v) is 7.70. The van der Waals surface area contributed by atoms with Gasteiger partial charge in [0.25, 0.3) is 0 Å². The Morgan fingerprint density at radius 1 is 1.39 bits per heavy atom. The Labute approximate surface area is 113 Å². The van der Waals surface area contributed by atoms with Crippen molar-refractivity contribution in [1.82, 2.24) is 4.98 Å². The fraction of sp³-hybridized carbons (Fsp3) is 0.571. The van der Waals surface area contributed by atoms with E-state index in [2.05, 4.69) is 22.6 Å². The standard InChI is InChI=1S/C14H19N3S/c1-10-7-8-11(9-15)14(16-10)17-12-5-3-4-6-13(12)18-2/h7-8,12-13H,3-6H2,1-2H3,(H,16,17). The Bertz CT molecular complexity index is 453. The Morgan fingerprint density at radius 3 is 2.89 bits per heavy atom. The molecule has 1 aromatic rings. The molecule has 2 atom stereocenters. The van der Waals surface area contributed by atoms with Crippen LogP contribution >= 0.6 is 11.8 Å². The first-order valence-electron chi connectivity index (χ1n) is 6.41. The third kappa shape index (κ3) is 2.97. The molecule has 3 nitrogen and oxygen atoms in total. The summed E-state index contributed by atoms with van der Waals surface area (Å²) in [6, 6.07) is 6.39. The molecule has 2 unspecified atom stereocenters. The van der Waals surface area contributed by atoms with E-state index in [-0.39, 0.29) is 0 Å². The van der Waals surface area contributed by atoms with Crippen molar-refractivity contribution < 1.29 is 0 Å². The average molecular weight is 261 g/mol. The van der Waals surface area contributed by atoms with Gasteiger partial charge in [0.1, 0.15) is 11.9 Å². The summed E-state index contributed by atoms with van der Waals surface area (Å²) in [4.78, 5) is 4.46. The van der Waals surface area contributed by atoms with E-state index in [0.29, 0.717) is 16.9 Å². The van der Waals surface area contributed by atoms with Crippen LogP contribution < -0.4 is 5.32 Å². The van der Waals surface area contributed by atoms with Crippen LogP contribution in [0.3, 0.4) is 0 Å². The summed E-state index contributed by atoms with van der Waals surface area (Å²) >= 11 is 1.92. The lowest BCUT2D eigenvalue weighted by Gasteiger charge is -2.31. The zero-order valence-corrected chi connectivity index (χ0v) is 11.8. The molecule has 0 radical (unpaired) electrons. The van der Waals surface area contributed by atoms with Crippen LogP contribution in [-0.2, 0) is 0 Å². The van der Waals surface area contributed by atoms with E-state index in [1.165, 1.54) is 25.7 Å². The van der Waals surface area contributed by atoms with Gasteiger partial charge < -0.3 is 5.32 Å². The zero-order chi connectivity index (χ0) is 13.0. The van der Waals surface area contributed by atoms with E-state index in [4.69, 9.17) is 5.26 Å². The highest BCUT2D eigenvalue weighted by atomic mass is 32.2. The molecule has 0 bridgehead atoms. The van der Waals surface area contributed by atoms with E-state index in [9.17, 15) is 0 Å². The predicted molar refractivity (Wildman–Crippen MR) is 76.9 cm³/mol. The van der Waals surface area contributed by atoms with Gasteiger partial charge in [0.15, 0.2) is 0 Å². The second kappa shape index (κ2) is 6.10. The fourth-order valence-electron chi connectivity index (χ4n) is 2.48. The smallest absolute Gasteiger partial charge is 0.144 e. The number of aromatic nitrogens is 1. The van der Waals surface area contributed by atoms with Crippen LogP contribution in [0.1, 0.15) is 36.9 Å². The van der Waals surface area contributed by atoms with Gasteiger partial charge in [-0.05, 0) is 38.2 Å². The summed E-state index contributed by atoms with van der Waals surface area (Å²) in [6.07, 6.45) is 7.18. The van der Waals surface area contributed by atoms with Gasteiger partial charge >= 0.3 is 0 Å². The SMILES string of the molecule is CSC1CCCCC1Nc1nc(C)ccc1C#N. The van der Waals surface area contributed by atoms with E-state index in [1.807, 2.05) is 30.8 Å². The molecule has 1 aromatic heterocycles. The monoisotopic (exact) mass is 261 g/mol. The van der Waals surface area contributed by atoms with Gasteiger partial charge in [-0.1, -0.05) is 12.8 Å². The van der Waals surface area contributed by atoms with Crippen molar-refractivity contribution in [2.75, 3.05) is 11.6 Å². The average Bonchev–Trinajstić information content (AvgIpc) is 2.40. The van der Waals surface area contributed by atoms with Crippen molar-refractivity contribution in [3.63, 3.8) is 0 Å². The number of nitriles is 1. The van der Waals surface area contributed by atoms with Crippen molar-refractivity contribution in [3.8, 4) is 6.07 Å².